The first-order valence-corrected chi connectivity index (χ1v) is 5.69. The van der Waals surface area contributed by atoms with Gasteiger partial charge in [-0.05, 0) is 38.8 Å². The first-order chi connectivity index (χ1) is 7.27. The summed E-state index contributed by atoms with van der Waals surface area (Å²) in [5.41, 5.74) is 0. The number of ether oxygens (including phenoxy) is 1. The van der Waals surface area contributed by atoms with Gasteiger partial charge in [0.15, 0.2) is 0 Å². The minimum Gasteiger partial charge on any atom is -0.375 e. The van der Waals surface area contributed by atoms with Crippen molar-refractivity contribution in [3.63, 3.8) is 0 Å². The summed E-state index contributed by atoms with van der Waals surface area (Å²) in [6, 6.07) is 0. The monoisotopic (exact) mass is 250 g/mol. The molecular weight excluding hydrogens is 228 g/mol. The van der Waals surface area contributed by atoms with Gasteiger partial charge in [-0.1, -0.05) is 0 Å². The van der Waals surface area contributed by atoms with Gasteiger partial charge in [0.05, 0.1) is 0 Å². The van der Waals surface area contributed by atoms with Crippen LogP contribution in [0.2, 0.25) is 0 Å². The molecule has 0 spiro atoms. The van der Waals surface area contributed by atoms with Crippen LogP contribution in [0.3, 0.4) is 0 Å². The third-order valence-electron chi connectivity index (χ3n) is 3.04. The van der Waals surface area contributed by atoms with Crippen LogP contribution in [0.25, 0.3) is 0 Å². The van der Waals surface area contributed by atoms with Crippen LogP contribution in [0.1, 0.15) is 19.3 Å². The lowest BCUT2D eigenvalue weighted by Gasteiger charge is -2.31. The molecule has 0 unspecified atom stereocenters. The number of hydrogen-bond donors (Lipinski definition) is 1. The van der Waals surface area contributed by atoms with Crippen molar-refractivity contribution in [1.82, 2.24) is 10.2 Å². The third kappa shape index (κ3) is 5.14. The Morgan fingerprint density at radius 2 is 2.06 bits per heavy atom. The second kappa shape index (κ2) is 8.79. The fourth-order valence-corrected chi connectivity index (χ4v) is 2.03. The van der Waals surface area contributed by atoms with Gasteiger partial charge in [-0.25, -0.2) is 0 Å². The molecule has 1 heterocycles. The summed E-state index contributed by atoms with van der Waals surface area (Å²) in [6.07, 6.45) is 3.50. The van der Waals surface area contributed by atoms with E-state index in [1.165, 1.54) is 6.42 Å². The second-order valence-corrected chi connectivity index (χ2v) is 4.15. The van der Waals surface area contributed by atoms with E-state index >= 15 is 0 Å². The molecule has 16 heavy (non-hydrogen) atoms. The Morgan fingerprint density at radius 1 is 1.44 bits per heavy atom. The molecule has 0 aromatic carbocycles. The number of halogens is 1. The Labute approximate surface area is 104 Å². The normalized spacial score (nSPS) is 17.0. The highest BCUT2D eigenvalue weighted by molar-refractivity contribution is 5.85. The molecule has 1 aliphatic rings. The summed E-state index contributed by atoms with van der Waals surface area (Å²) >= 11 is 0. The number of hydrogen-bond acceptors (Lipinski definition) is 3. The Balaban J connectivity index is 0.00000225. The van der Waals surface area contributed by atoms with Crippen LogP contribution in [0.15, 0.2) is 0 Å². The molecule has 4 nitrogen and oxygen atoms in total. The molecule has 1 fully saturated rings. The van der Waals surface area contributed by atoms with Crippen LogP contribution in [-0.4, -0.2) is 51.2 Å². The molecule has 1 amide bonds. The molecule has 5 heteroatoms. The molecule has 1 aliphatic heterocycles. The van der Waals surface area contributed by atoms with Gasteiger partial charge in [0.25, 0.3) is 0 Å². The fourth-order valence-electron chi connectivity index (χ4n) is 2.03. The lowest BCUT2D eigenvalue weighted by Crippen LogP contribution is -2.40. The smallest absolute Gasteiger partial charge is 0.248 e. The molecule has 0 aliphatic carbocycles. The van der Waals surface area contributed by atoms with Gasteiger partial charge in [0.1, 0.15) is 6.61 Å². The minimum absolute atomic E-state index is 0. The lowest BCUT2D eigenvalue weighted by molar-refractivity contribution is -0.136. The number of nitrogens with zero attached hydrogens (tertiary/aromatic N) is 1. The number of methoxy groups -OCH3 is 1. The van der Waals surface area contributed by atoms with E-state index in [1.807, 2.05) is 11.9 Å². The first-order valence-electron chi connectivity index (χ1n) is 5.69. The SMILES string of the molecule is CNCCC1CCN(C(=O)COC)CC1.Cl. The van der Waals surface area contributed by atoms with Gasteiger partial charge in [0.2, 0.25) is 5.91 Å². The number of nitrogens with one attached hydrogen (secondary N) is 1. The zero-order chi connectivity index (χ0) is 11.1. The van der Waals surface area contributed by atoms with E-state index in [-0.39, 0.29) is 24.9 Å². The molecule has 0 bridgehead atoms. The Hall–Kier alpha value is -0.320. The average Bonchev–Trinajstić information content (AvgIpc) is 2.27. The molecule has 96 valence electrons. The van der Waals surface area contributed by atoms with Crippen LogP contribution >= 0.6 is 12.4 Å². The van der Waals surface area contributed by atoms with E-state index in [9.17, 15) is 4.79 Å². The summed E-state index contributed by atoms with van der Waals surface area (Å²) in [7, 11) is 3.55. The van der Waals surface area contributed by atoms with Crippen molar-refractivity contribution in [2.75, 3.05) is 40.4 Å². The van der Waals surface area contributed by atoms with E-state index in [2.05, 4.69) is 5.32 Å². The van der Waals surface area contributed by atoms with Crippen molar-refractivity contribution in [3.05, 3.63) is 0 Å². The molecule has 0 aromatic heterocycles. The van der Waals surface area contributed by atoms with Gasteiger partial charge in [-0.2, -0.15) is 0 Å². The molecule has 1 rings (SSSR count). The van der Waals surface area contributed by atoms with Crippen LogP contribution in [0.5, 0.6) is 0 Å². The predicted molar refractivity (Wildman–Crippen MR) is 67.0 cm³/mol. The Kier molecular flexibility index (Phi) is 8.61. The van der Waals surface area contributed by atoms with E-state index in [0.717, 1.165) is 38.4 Å². The standard InChI is InChI=1S/C11H22N2O2.ClH/c1-12-6-3-10-4-7-13(8-5-10)11(14)9-15-2;/h10,12H,3-9H2,1-2H3;1H. The lowest BCUT2D eigenvalue weighted by atomic mass is 9.93. The van der Waals surface area contributed by atoms with Crippen molar-refractivity contribution in [3.8, 4) is 0 Å². The zero-order valence-electron chi connectivity index (χ0n) is 10.2. The van der Waals surface area contributed by atoms with Crippen molar-refractivity contribution < 1.29 is 9.53 Å². The maximum atomic E-state index is 11.5. The maximum absolute atomic E-state index is 11.5. The molecular formula is C11H23ClN2O2. The zero-order valence-corrected chi connectivity index (χ0v) is 11.0. The van der Waals surface area contributed by atoms with Crippen LogP contribution < -0.4 is 5.32 Å². The number of likely N-dealkylation sites (tertiary alicyclic amines) is 1. The van der Waals surface area contributed by atoms with E-state index < -0.39 is 0 Å². The van der Waals surface area contributed by atoms with Gasteiger partial charge in [-0.3, -0.25) is 4.79 Å². The van der Waals surface area contributed by atoms with Crippen LogP contribution in [-0.2, 0) is 9.53 Å². The number of carbonyl (C=O) groups is 1. The minimum atomic E-state index is 0. The molecule has 0 radical (unpaired) electrons. The topological polar surface area (TPSA) is 41.6 Å². The molecule has 0 aromatic rings. The molecule has 0 saturated carbocycles. The van der Waals surface area contributed by atoms with E-state index in [4.69, 9.17) is 4.74 Å². The summed E-state index contributed by atoms with van der Waals surface area (Å²) in [5.74, 6) is 0.911. The van der Waals surface area contributed by atoms with E-state index in [1.54, 1.807) is 7.11 Å². The van der Waals surface area contributed by atoms with Gasteiger partial charge < -0.3 is 15.0 Å². The third-order valence-corrected chi connectivity index (χ3v) is 3.04. The maximum Gasteiger partial charge on any atom is 0.248 e. The largest absolute Gasteiger partial charge is 0.375 e. The van der Waals surface area contributed by atoms with Crippen molar-refractivity contribution >= 4 is 18.3 Å². The number of carbonyl (C=O) groups excluding carboxylic acids is 1. The van der Waals surface area contributed by atoms with Gasteiger partial charge in [-0.15, -0.1) is 12.4 Å². The second-order valence-electron chi connectivity index (χ2n) is 4.15. The van der Waals surface area contributed by atoms with E-state index in [0.29, 0.717) is 0 Å². The first kappa shape index (κ1) is 15.7. The summed E-state index contributed by atoms with van der Waals surface area (Å²) < 4.78 is 4.85. The van der Waals surface area contributed by atoms with Crippen molar-refractivity contribution in [2.45, 2.75) is 19.3 Å². The quantitative estimate of drug-likeness (QED) is 0.789. The fraction of sp³-hybridized carbons (Fsp3) is 0.909. The summed E-state index contributed by atoms with van der Waals surface area (Å²) in [5, 5.41) is 3.17. The number of amides is 1. The predicted octanol–water partition coefficient (Wildman–Crippen LogP) is 0.903. The van der Waals surface area contributed by atoms with Crippen LogP contribution in [0.4, 0.5) is 0 Å². The highest BCUT2D eigenvalue weighted by Gasteiger charge is 2.21. The number of rotatable bonds is 5. The van der Waals surface area contributed by atoms with Crippen molar-refractivity contribution in [1.29, 1.82) is 0 Å². The summed E-state index contributed by atoms with van der Waals surface area (Å²) in [6.45, 7) is 3.10. The van der Waals surface area contributed by atoms with Crippen molar-refractivity contribution in [2.24, 2.45) is 5.92 Å². The highest BCUT2D eigenvalue weighted by atomic mass is 35.5. The van der Waals surface area contributed by atoms with Gasteiger partial charge in [0, 0.05) is 20.2 Å². The molecule has 0 atom stereocenters. The Morgan fingerprint density at radius 3 is 2.56 bits per heavy atom. The highest BCUT2D eigenvalue weighted by Crippen LogP contribution is 2.19. The average molecular weight is 251 g/mol. The van der Waals surface area contributed by atoms with Crippen LogP contribution in [0, 0.1) is 5.92 Å². The number of piperidine rings is 1. The molecule has 1 N–H and O–H groups in total. The molecule has 1 saturated heterocycles. The summed E-state index contributed by atoms with van der Waals surface area (Å²) in [4.78, 5) is 13.4. The van der Waals surface area contributed by atoms with Gasteiger partial charge >= 0.3 is 0 Å². The Bertz CT molecular complexity index is 194.